The molecule has 1 aromatic heterocycles. The van der Waals surface area contributed by atoms with Crippen LogP contribution in [0.1, 0.15) is 10.6 Å². The normalized spacial score (nSPS) is 10.0. The van der Waals surface area contributed by atoms with E-state index in [4.69, 9.17) is 13.9 Å². The molecule has 4 heteroatoms. The molecule has 4 nitrogen and oxygen atoms in total. The van der Waals surface area contributed by atoms with E-state index in [9.17, 15) is 4.79 Å². The van der Waals surface area contributed by atoms with Crippen molar-refractivity contribution in [3.8, 4) is 22.6 Å². The van der Waals surface area contributed by atoms with Crippen LogP contribution < -0.4 is 9.47 Å². The first kappa shape index (κ1) is 11.3. The number of hydrogen-bond donors (Lipinski definition) is 0. The van der Waals surface area contributed by atoms with Crippen molar-refractivity contribution in [3.63, 3.8) is 0 Å². The second-order valence-electron chi connectivity index (χ2n) is 3.35. The van der Waals surface area contributed by atoms with Crippen LogP contribution in [0, 0.1) is 0 Å². The van der Waals surface area contributed by atoms with Gasteiger partial charge in [0.25, 0.3) is 0 Å². The van der Waals surface area contributed by atoms with Crippen LogP contribution in [0.15, 0.2) is 34.9 Å². The first-order valence-electron chi connectivity index (χ1n) is 5.05. The van der Waals surface area contributed by atoms with E-state index >= 15 is 0 Å². The van der Waals surface area contributed by atoms with E-state index in [1.54, 1.807) is 32.4 Å². The zero-order chi connectivity index (χ0) is 12.3. The van der Waals surface area contributed by atoms with Crippen LogP contribution >= 0.6 is 0 Å². The molecule has 2 rings (SSSR count). The molecule has 88 valence electrons. The Kier molecular flexibility index (Phi) is 3.14. The number of carbonyl (C=O) groups excluding carboxylic acids is 1. The highest BCUT2D eigenvalue weighted by Gasteiger charge is 2.17. The number of aldehydes is 1. The zero-order valence-electron chi connectivity index (χ0n) is 9.60. The lowest BCUT2D eigenvalue weighted by Crippen LogP contribution is -1.93. The largest absolute Gasteiger partial charge is 0.496 e. The Morgan fingerprint density at radius 2 is 1.76 bits per heavy atom. The highest BCUT2D eigenvalue weighted by molar-refractivity contribution is 5.88. The van der Waals surface area contributed by atoms with Gasteiger partial charge >= 0.3 is 0 Å². The summed E-state index contributed by atoms with van der Waals surface area (Å²) in [6.45, 7) is 0. The highest BCUT2D eigenvalue weighted by atomic mass is 16.5. The monoisotopic (exact) mass is 232 g/mol. The summed E-state index contributed by atoms with van der Waals surface area (Å²) in [5.74, 6) is 1.52. The minimum absolute atomic E-state index is 0.257. The van der Waals surface area contributed by atoms with Crippen LogP contribution in [0.25, 0.3) is 11.1 Å². The van der Waals surface area contributed by atoms with Gasteiger partial charge in [-0.1, -0.05) is 6.07 Å². The Hall–Kier alpha value is -2.23. The van der Waals surface area contributed by atoms with E-state index in [0.29, 0.717) is 28.9 Å². The Balaban J connectivity index is 2.68. The quantitative estimate of drug-likeness (QED) is 0.760. The second kappa shape index (κ2) is 4.74. The Labute approximate surface area is 98.8 Å². The molecule has 17 heavy (non-hydrogen) atoms. The summed E-state index contributed by atoms with van der Waals surface area (Å²) in [5.41, 5.74) is 1.38. The summed E-state index contributed by atoms with van der Waals surface area (Å²) in [7, 11) is 3.14. The lowest BCUT2D eigenvalue weighted by Gasteiger charge is -2.11. The molecule has 0 N–H and O–H groups in total. The van der Waals surface area contributed by atoms with Crippen LogP contribution in [0.4, 0.5) is 0 Å². The van der Waals surface area contributed by atoms with Crippen molar-refractivity contribution in [2.45, 2.75) is 0 Å². The van der Waals surface area contributed by atoms with Crippen LogP contribution in [0.3, 0.4) is 0 Å². The minimum atomic E-state index is 0.257. The summed E-state index contributed by atoms with van der Waals surface area (Å²) in [6.07, 6.45) is 2.13. The molecule has 0 unspecified atom stereocenters. The van der Waals surface area contributed by atoms with Crippen LogP contribution in [0.5, 0.6) is 11.5 Å². The van der Waals surface area contributed by atoms with Gasteiger partial charge in [0.15, 0.2) is 12.0 Å². The maximum Gasteiger partial charge on any atom is 0.185 e. The first-order chi connectivity index (χ1) is 8.31. The lowest BCUT2D eigenvalue weighted by atomic mass is 10.0. The molecule has 0 bridgehead atoms. The molecule has 0 amide bonds. The molecule has 0 saturated heterocycles. The fourth-order valence-electron chi connectivity index (χ4n) is 1.74. The van der Waals surface area contributed by atoms with E-state index in [-0.39, 0.29) is 5.76 Å². The predicted octanol–water partition coefficient (Wildman–Crippen LogP) is 2.78. The van der Waals surface area contributed by atoms with E-state index in [2.05, 4.69) is 0 Å². The zero-order valence-corrected chi connectivity index (χ0v) is 9.60. The van der Waals surface area contributed by atoms with Crippen molar-refractivity contribution in [1.82, 2.24) is 0 Å². The van der Waals surface area contributed by atoms with Crippen molar-refractivity contribution in [3.05, 3.63) is 36.3 Å². The fourth-order valence-corrected chi connectivity index (χ4v) is 1.74. The standard InChI is InChI=1S/C13H12O4/c1-15-10-4-3-5-11(16-2)13(10)9-6-7-17-12(9)8-14/h3-8H,1-2H3. The van der Waals surface area contributed by atoms with Gasteiger partial charge in [-0.05, 0) is 18.2 Å². The average molecular weight is 232 g/mol. The topological polar surface area (TPSA) is 48.7 Å². The number of ether oxygens (including phenoxy) is 2. The number of hydrogen-bond acceptors (Lipinski definition) is 4. The van der Waals surface area contributed by atoms with Crippen LogP contribution in [0.2, 0.25) is 0 Å². The molecule has 0 fully saturated rings. The third-order valence-electron chi connectivity index (χ3n) is 2.50. The van der Waals surface area contributed by atoms with Gasteiger partial charge in [-0.15, -0.1) is 0 Å². The molecular formula is C13H12O4. The molecule has 2 aromatic rings. The van der Waals surface area contributed by atoms with Gasteiger partial charge in [0.05, 0.1) is 26.0 Å². The molecule has 0 spiro atoms. The summed E-state index contributed by atoms with van der Waals surface area (Å²) >= 11 is 0. The van der Waals surface area contributed by atoms with Crippen molar-refractivity contribution in [2.24, 2.45) is 0 Å². The molecule has 0 atom stereocenters. The Bertz CT molecular complexity index is 506. The van der Waals surface area contributed by atoms with E-state index in [1.807, 2.05) is 6.07 Å². The third kappa shape index (κ3) is 1.89. The molecule has 1 heterocycles. The van der Waals surface area contributed by atoms with Crippen molar-refractivity contribution >= 4 is 6.29 Å². The number of carbonyl (C=O) groups is 1. The minimum Gasteiger partial charge on any atom is -0.496 e. The number of furan rings is 1. The summed E-state index contributed by atoms with van der Waals surface area (Å²) in [6, 6.07) is 7.14. The maximum absolute atomic E-state index is 10.9. The van der Waals surface area contributed by atoms with E-state index in [1.165, 1.54) is 6.26 Å². The van der Waals surface area contributed by atoms with Gasteiger partial charge < -0.3 is 13.9 Å². The van der Waals surface area contributed by atoms with Gasteiger partial charge in [-0.3, -0.25) is 4.79 Å². The second-order valence-corrected chi connectivity index (χ2v) is 3.35. The maximum atomic E-state index is 10.9. The van der Waals surface area contributed by atoms with Crippen molar-refractivity contribution in [1.29, 1.82) is 0 Å². The Morgan fingerprint density at radius 1 is 1.12 bits per heavy atom. The highest BCUT2D eigenvalue weighted by Crippen LogP contribution is 2.39. The van der Waals surface area contributed by atoms with Gasteiger partial charge in [0, 0.05) is 5.56 Å². The first-order valence-corrected chi connectivity index (χ1v) is 5.05. The van der Waals surface area contributed by atoms with Gasteiger partial charge in [0.2, 0.25) is 0 Å². The molecule has 0 aliphatic heterocycles. The summed E-state index contributed by atoms with van der Waals surface area (Å²) < 4.78 is 15.6. The van der Waals surface area contributed by atoms with E-state index in [0.717, 1.165) is 0 Å². The van der Waals surface area contributed by atoms with Gasteiger partial charge in [0.1, 0.15) is 11.5 Å². The molecule has 1 aromatic carbocycles. The number of rotatable bonds is 4. The smallest absolute Gasteiger partial charge is 0.185 e. The van der Waals surface area contributed by atoms with Gasteiger partial charge in [-0.2, -0.15) is 0 Å². The predicted molar refractivity (Wildman–Crippen MR) is 62.6 cm³/mol. The molecule has 0 aliphatic carbocycles. The molecule has 0 saturated carbocycles. The van der Waals surface area contributed by atoms with Crippen molar-refractivity contribution in [2.75, 3.05) is 14.2 Å². The van der Waals surface area contributed by atoms with Crippen LogP contribution in [-0.4, -0.2) is 20.5 Å². The van der Waals surface area contributed by atoms with E-state index < -0.39 is 0 Å². The average Bonchev–Trinajstić information content (AvgIpc) is 2.85. The fraction of sp³-hybridized carbons (Fsp3) is 0.154. The summed E-state index contributed by atoms with van der Waals surface area (Å²) in [4.78, 5) is 10.9. The summed E-state index contributed by atoms with van der Waals surface area (Å²) in [5, 5.41) is 0. The SMILES string of the molecule is COc1cccc(OC)c1-c1ccoc1C=O. The number of benzene rings is 1. The van der Waals surface area contributed by atoms with Crippen molar-refractivity contribution < 1.29 is 18.7 Å². The molecule has 0 aliphatic rings. The Morgan fingerprint density at radius 3 is 2.29 bits per heavy atom. The van der Waals surface area contributed by atoms with Gasteiger partial charge in [-0.25, -0.2) is 0 Å². The number of methoxy groups -OCH3 is 2. The molecule has 0 radical (unpaired) electrons. The lowest BCUT2D eigenvalue weighted by molar-refractivity contribution is 0.110. The third-order valence-corrected chi connectivity index (χ3v) is 2.50. The van der Waals surface area contributed by atoms with Crippen LogP contribution in [-0.2, 0) is 0 Å². The molecular weight excluding hydrogens is 220 g/mol.